The Morgan fingerprint density at radius 1 is 1.33 bits per heavy atom. The smallest absolute Gasteiger partial charge is 0.224 e. The highest BCUT2D eigenvalue weighted by Gasteiger charge is 2.18. The van der Waals surface area contributed by atoms with E-state index in [2.05, 4.69) is 4.98 Å². The van der Waals surface area contributed by atoms with Gasteiger partial charge in [-0.25, -0.2) is 13.8 Å². The molecule has 0 spiro atoms. The van der Waals surface area contributed by atoms with E-state index >= 15 is 0 Å². The minimum absolute atomic E-state index is 0.152. The maximum atomic E-state index is 13.2. The minimum atomic E-state index is -1.13. The Morgan fingerprint density at radius 3 is 2.80 bits per heavy atom. The van der Waals surface area contributed by atoms with Crippen LogP contribution in [0.15, 0.2) is 29.8 Å². The second kappa shape index (κ2) is 3.86. The quantitative estimate of drug-likeness (QED) is 0.735. The van der Waals surface area contributed by atoms with Crippen LogP contribution in [0.1, 0.15) is 15.4 Å². The number of nitrogens with zero attached hydrogens (tertiary/aromatic N) is 1. The lowest BCUT2D eigenvalue weighted by Gasteiger charge is -1.99. The van der Waals surface area contributed by atoms with Crippen molar-refractivity contribution in [1.29, 1.82) is 0 Å². The molecule has 5 heteroatoms. The van der Waals surface area contributed by atoms with Crippen LogP contribution in [-0.4, -0.2) is 10.8 Å². The van der Waals surface area contributed by atoms with E-state index in [1.165, 1.54) is 18.3 Å². The second-order valence-corrected chi connectivity index (χ2v) is 3.66. The van der Waals surface area contributed by atoms with Crippen LogP contribution >= 0.6 is 11.3 Å². The molecule has 15 heavy (non-hydrogen) atoms. The molecule has 0 bridgehead atoms. The van der Waals surface area contributed by atoms with Crippen LogP contribution in [-0.2, 0) is 0 Å². The first-order valence-corrected chi connectivity index (χ1v) is 4.96. The van der Waals surface area contributed by atoms with Gasteiger partial charge in [0.2, 0.25) is 5.78 Å². The van der Waals surface area contributed by atoms with E-state index in [4.69, 9.17) is 0 Å². The summed E-state index contributed by atoms with van der Waals surface area (Å²) in [6, 6.07) is 3.50. The highest BCUT2D eigenvalue weighted by Crippen LogP contribution is 2.17. The fourth-order valence-corrected chi connectivity index (χ4v) is 1.72. The number of ketones is 1. The average Bonchev–Trinajstić information content (AvgIpc) is 2.74. The number of halogens is 2. The Morgan fingerprint density at radius 2 is 2.13 bits per heavy atom. The van der Waals surface area contributed by atoms with E-state index in [0.717, 1.165) is 17.4 Å². The fourth-order valence-electron chi connectivity index (χ4n) is 1.13. The Labute approximate surface area is 88.2 Å². The SMILES string of the molecule is O=C(c1nccs1)c1cccc(F)c1F. The van der Waals surface area contributed by atoms with Gasteiger partial charge in [-0.1, -0.05) is 6.07 Å². The summed E-state index contributed by atoms with van der Waals surface area (Å²) < 4.78 is 26.1. The number of carbonyl (C=O) groups excluding carboxylic acids is 1. The van der Waals surface area contributed by atoms with E-state index in [1.54, 1.807) is 5.38 Å². The summed E-state index contributed by atoms with van der Waals surface area (Å²) in [5.41, 5.74) is -0.287. The number of aromatic nitrogens is 1. The lowest BCUT2D eigenvalue weighted by molar-refractivity contribution is 0.103. The maximum absolute atomic E-state index is 13.2. The third-order valence-electron chi connectivity index (χ3n) is 1.82. The molecule has 76 valence electrons. The first-order valence-electron chi connectivity index (χ1n) is 4.08. The molecular formula is C10H5F2NOS. The number of thiazole rings is 1. The summed E-state index contributed by atoms with van der Waals surface area (Å²) in [5, 5.41) is 1.75. The molecule has 0 saturated heterocycles. The Balaban J connectivity index is 2.47. The first-order chi connectivity index (χ1) is 7.20. The number of hydrogen-bond acceptors (Lipinski definition) is 3. The second-order valence-electron chi connectivity index (χ2n) is 2.77. The van der Waals surface area contributed by atoms with Gasteiger partial charge in [0.25, 0.3) is 0 Å². The summed E-state index contributed by atoms with van der Waals surface area (Å²) in [7, 11) is 0. The average molecular weight is 225 g/mol. The molecule has 1 aromatic heterocycles. The summed E-state index contributed by atoms with van der Waals surface area (Å²) in [5.74, 6) is -2.75. The van der Waals surface area contributed by atoms with Gasteiger partial charge in [0.1, 0.15) is 0 Å². The van der Waals surface area contributed by atoms with Gasteiger partial charge in [0.05, 0.1) is 5.56 Å². The molecule has 1 heterocycles. The molecule has 0 saturated carbocycles. The summed E-state index contributed by atoms with van der Waals surface area (Å²) in [4.78, 5) is 15.4. The van der Waals surface area contributed by atoms with E-state index in [1.807, 2.05) is 0 Å². The topological polar surface area (TPSA) is 30.0 Å². The molecule has 0 radical (unpaired) electrons. The Hall–Kier alpha value is -1.62. The Kier molecular flexibility index (Phi) is 2.55. The highest BCUT2D eigenvalue weighted by molar-refractivity contribution is 7.11. The zero-order valence-electron chi connectivity index (χ0n) is 7.41. The number of hydrogen-bond donors (Lipinski definition) is 0. The van der Waals surface area contributed by atoms with Crippen molar-refractivity contribution in [3.05, 3.63) is 52.0 Å². The maximum Gasteiger partial charge on any atom is 0.224 e. The van der Waals surface area contributed by atoms with Gasteiger partial charge < -0.3 is 0 Å². The Bertz CT molecular complexity index is 496. The van der Waals surface area contributed by atoms with E-state index < -0.39 is 17.4 Å². The van der Waals surface area contributed by atoms with Crippen molar-refractivity contribution < 1.29 is 13.6 Å². The first kappa shape index (κ1) is 9.92. The molecule has 1 aromatic carbocycles. The van der Waals surface area contributed by atoms with Crippen LogP contribution in [0.3, 0.4) is 0 Å². The molecule has 2 rings (SSSR count). The molecule has 0 fully saturated rings. The van der Waals surface area contributed by atoms with Gasteiger partial charge >= 0.3 is 0 Å². The van der Waals surface area contributed by atoms with Gasteiger partial charge in [0, 0.05) is 11.6 Å². The number of carbonyl (C=O) groups is 1. The minimum Gasteiger partial charge on any atom is -0.286 e. The van der Waals surface area contributed by atoms with Crippen molar-refractivity contribution in [2.45, 2.75) is 0 Å². The van der Waals surface area contributed by atoms with Crippen LogP contribution < -0.4 is 0 Å². The third kappa shape index (κ3) is 1.78. The summed E-state index contributed by atoms with van der Waals surface area (Å²) >= 11 is 1.09. The fraction of sp³-hybridized carbons (Fsp3) is 0. The zero-order valence-corrected chi connectivity index (χ0v) is 8.22. The third-order valence-corrected chi connectivity index (χ3v) is 2.59. The van der Waals surface area contributed by atoms with Crippen molar-refractivity contribution in [2.75, 3.05) is 0 Å². The van der Waals surface area contributed by atoms with Crippen LogP contribution in [0.4, 0.5) is 8.78 Å². The predicted molar refractivity (Wildman–Crippen MR) is 51.9 cm³/mol. The molecule has 0 aliphatic heterocycles. The van der Waals surface area contributed by atoms with E-state index in [0.29, 0.717) is 0 Å². The monoisotopic (exact) mass is 225 g/mol. The lowest BCUT2D eigenvalue weighted by Crippen LogP contribution is -2.05. The molecule has 0 atom stereocenters. The van der Waals surface area contributed by atoms with E-state index in [9.17, 15) is 13.6 Å². The highest BCUT2D eigenvalue weighted by atomic mass is 32.1. The van der Waals surface area contributed by atoms with Gasteiger partial charge in [-0.05, 0) is 12.1 Å². The molecule has 0 aliphatic rings. The summed E-state index contributed by atoms with van der Waals surface area (Å²) in [6.07, 6.45) is 1.44. The number of benzene rings is 1. The lowest BCUT2D eigenvalue weighted by atomic mass is 10.1. The summed E-state index contributed by atoms with van der Waals surface area (Å²) in [6.45, 7) is 0. The molecular weight excluding hydrogens is 220 g/mol. The predicted octanol–water partition coefficient (Wildman–Crippen LogP) is 2.65. The standard InChI is InChI=1S/C10H5F2NOS/c11-7-3-1-2-6(8(7)12)9(14)10-13-4-5-15-10/h1-5H. The van der Waals surface area contributed by atoms with Crippen molar-refractivity contribution in [3.63, 3.8) is 0 Å². The van der Waals surface area contributed by atoms with Crippen molar-refractivity contribution in [3.8, 4) is 0 Å². The molecule has 2 nitrogen and oxygen atoms in total. The zero-order chi connectivity index (χ0) is 10.8. The van der Waals surface area contributed by atoms with Crippen molar-refractivity contribution in [2.24, 2.45) is 0 Å². The normalized spacial score (nSPS) is 10.3. The van der Waals surface area contributed by atoms with Crippen molar-refractivity contribution in [1.82, 2.24) is 4.98 Å². The van der Waals surface area contributed by atoms with Crippen LogP contribution in [0, 0.1) is 11.6 Å². The van der Waals surface area contributed by atoms with Gasteiger partial charge in [-0.3, -0.25) is 4.79 Å². The number of rotatable bonds is 2. The van der Waals surface area contributed by atoms with Gasteiger partial charge in [-0.15, -0.1) is 11.3 Å². The molecule has 2 aromatic rings. The van der Waals surface area contributed by atoms with E-state index in [-0.39, 0.29) is 10.6 Å². The van der Waals surface area contributed by atoms with Crippen molar-refractivity contribution >= 4 is 17.1 Å². The molecule has 0 unspecified atom stereocenters. The van der Waals surface area contributed by atoms with Crippen LogP contribution in [0.5, 0.6) is 0 Å². The van der Waals surface area contributed by atoms with Crippen LogP contribution in [0.25, 0.3) is 0 Å². The van der Waals surface area contributed by atoms with Gasteiger partial charge in [0.15, 0.2) is 16.6 Å². The molecule has 0 aliphatic carbocycles. The van der Waals surface area contributed by atoms with Gasteiger partial charge in [-0.2, -0.15) is 0 Å². The van der Waals surface area contributed by atoms with Crippen LogP contribution in [0.2, 0.25) is 0 Å². The molecule has 0 N–H and O–H groups in total. The largest absolute Gasteiger partial charge is 0.286 e. The molecule has 0 amide bonds.